The lowest BCUT2D eigenvalue weighted by atomic mass is 9.97. The van der Waals surface area contributed by atoms with Gasteiger partial charge in [-0.15, -0.1) is 0 Å². The average Bonchev–Trinajstić information content (AvgIpc) is 3.60. The number of hydrogen-bond donors (Lipinski definition) is 3. The van der Waals surface area contributed by atoms with Crippen molar-refractivity contribution in [1.29, 1.82) is 0 Å². The van der Waals surface area contributed by atoms with Crippen molar-refractivity contribution in [2.24, 2.45) is 4.99 Å². The minimum atomic E-state index is -0.915. The molecule has 1 aromatic carbocycles. The zero-order chi connectivity index (χ0) is 27.8. The summed E-state index contributed by atoms with van der Waals surface area (Å²) in [6, 6.07) is 8.01. The molecule has 3 N–H and O–H groups in total. The number of likely N-dealkylation sites (tertiary alicyclic amines) is 1. The molecule has 2 aliphatic heterocycles. The number of carbonyl (C=O) groups is 3. The monoisotopic (exact) mass is 534 g/mol. The molecule has 2 aliphatic rings. The third-order valence-electron chi connectivity index (χ3n) is 6.73. The first kappa shape index (κ1) is 28.1. The Bertz CT molecular complexity index is 1190. The van der Waals surface area contributed by atoms with Crippen LogP contribution in [-0.4, -0.2) is 62.7 Å². The summed E-state index contributed by atoms with van der Waals surface area (Å²) in [4.78, 5) is 53.1. The average molecular weight is 535 g/mol. The second-order valence-electron chi connectivity index (χ2n) is 11.0. The van der Waals surface area contributed by atoms with Crippen LogP contribution in [0.15, 0.2) is 60.1 Å². The summed E-state index contributed by atoms with van der Waals surface area (Å²) in [5.74, 6) is -0.537. The fraction of sp³-hybridized carbons (Fsp3) is 0.483. The summed E-state index contributed by atoms with van der Waals surface area (Å²) < 4.78 is 5.41. The van der Waals surface area contributed by atoms with Crippen LogP contribution in [0.25, 0.3) is 0 Å². The van der Waals surface area contributed by atoms with Crippen molar-refractivity contribution in [3.05, 3.63) is 66.4 Å². The van der Waals surface area contributed by atoms with Crippen molar-refractivity contribution in [3.8, 4) is 0 Å². The van der Waals surface area contributed by atoms with E-state index in [1.807, 2.05) is 42.6 Å². The van der Waals surface area contributed by atoms with Crippen molar-refractivity contribution in [2.75, 3.05) is 6.54 Å². The molecule has 0 bridgehead atoms. The van der Waals surface area contributed by atoms with E-state index in [1.165, 1.54) is 6.33 Å². The number of nitrogens with zero attached hydrogens (tertiary/aromatic N) is 3. The number of aromatic nitrogens is 2. The third-order valence-corrected chi connectivity index (χ3v) is 6.73. The van der Waals surface area contributed by atoms with E-state index in [4.69, 9.17) is 4.74 Å². The maximum Gasteiger partial charge on any atom is 0.408 e. The van der Waals surface area contributed by atoms with E-state index in [-0.39, 0.29) is 24.3 Å². The van der Waals surface area contributed by atoms with Gasteiger partial charge in [0.1, 0.15) is 17.7 Å². The second kappa shape index (κ2) is 12.7. The molecule has 10 heteroatoms. The number of amides is 3. The fourth-order valence-electron chi connectivity index (χ4n) is 4.91. The summed E-state index contributed by atoms with van der Waals surface area (Å²) in [5, 5.41) is 5.91. The summed E-state index contributed by atoms with van der Waals surface area (Å²) in [6.07, 6.45) is 10.1. The predicted octanol–water partition coefficient (Wildman–Crippen LogP) is 3.83. The zero-order valence-corrected chi connectivity index (χ0v) is 22.9. The Morgan fingerprint density at radius 3 is 2.62 bits per heavy atom. The van der Waals surface area contributed by atoms with Crippen LogP contribution in [0, 0.1) is 0 Å². The minimum Gasteiger partial charge on any atom is -0.444 e. The van der Waals surface area contributed by atoms with E-state index in [2.05, 4.69) is 25.6 Å². The van der Waals surface area contributed by atoms with E-state index in [1.54, 1.807) is 31.9 Å². The Morgan fingerprint density at radius 2 is 1.95 bits per heavy atom. The number of carbonyl (C=O) groups excluding carboxylic acids is 3. The van der Waals surface area contributed by atoms with Gasteiger partial charge in [0.15, 0.2) is 0 Å². The molecule has 3 amide bonds. The number of alkyl carbamates (subject to hydrolysis) is 1. The number of nitrogens with one attached hydrogen (secondary N) is 3. The smallest absolute Gasteiger partial charge is 0.408 e. The highest BCUT2D eigenvalue weighted by molar-refractivity contribution is 5.93. The maximum absolute atomic E-state index is 13.8. The summed E-state index contributed by atoms with van der Waals surface area (Å²) >= 11 is 0. The topological polar surface area (TPSA) is 129 Å². The third kappa shape index (κ3) is 8.02. The van der Waals surface area contributed by atoms with Gasteiger partial charge in [-0.1, -0.05) is 36.4 Å². The van der Waals surface area contributed by atoms with Crippen molar-refractivity contribution in [2.45, 2.75) is 83.0 Å². The van der Waals surface area contributed by atoms with Crippen LogP contribution in [0.2, 0.25) is 0 Å². The van der Waals surface area contributed by atoms with Gasteiger partial charge in [0, 0.05) is 43.2 Å². The molecule has 208 valence electrons. The van der Waals surface area contributed by atoms with E-state index < -0.39 is 23.8 Å². The molecule has 1 saturated heterocycles. The molecular weight excluding hydrogens is 496 g/mol. The number of aromatic amines is 1. The highest BCUT2D eigenvalue weighted by atomic mass is 16.6. The van der Waals surface area contributed by atoms with Crippen molar-refractivity contribution in [1.82, 2.24) is 25.5 Å². The van der Waals surface area contributed by atoms with Gasteiger partial charge >= 0.3 is 6.09 Å². The largest absolute Gasteiger partial charge is 0.444 e. The predicted molar refractivity (Wildman–Crippen MR) is 148 cm³/mol. The number of aliphatic imine (C=N–C) groups is 1. The molecule has 1 unspecified atom stereocenters. The molecule has 4 rings (SSSR count). The molecule has 0 spiro atoms. The SMILES string of the molecule is CC(C)(C)OC(=O)N[C@@H](Cc1cnc[nH]1)C(=O)N1CCC[C@H]1C(=O)NC(CC1=NC=CCC1)c1ccccc1. The van der Waals surface area contributed by atoms with Gasteiger partial charge in [-0.3, -0.25) is 14.6 Å². The Hall–Kier alpha value is -3.95. The lowest BCUT2D eigenvalue weighted by Crippen LogP contribution is -2.55. The summed E-state index contributed by atoms with van der Waals surface area (Å²) in [6.45, 7) is 5.71. The molecule has 39 heavy (non-hydrogen) atoms. The number of rotatable bonds is 9. The lowest BCUT2D eigenvalue weighted by molar-refractivity contribution is -0.140. The van der Waals surface area contributed by atoms with Crippen LogP contribution in [-0.2, 0) is 20.7 Å². The normalized spacial score (nSPS) is 18.7. The van der Waals surface area contributed by atoms with Gasteiger partial charge in [0.2, 0.25) is 11.8 Å². The maximum atomic E-state index is 13.8. The van der Waals surface area contributed by atoms with Gasteiger partial charge in [0.25, 0.3) is 0 Å². The van der Waals surface area contributed by atoms with Crippen LogP contribution in [0.3, 0.4) is 0 Å². The van der Waals surface area contributed by atoms with Crippen LogP contribution in [0.1, 0.15) is 70.2 Å². The van der Waals surface area contributed by atoms with E-state index in [0.29, 0.717) is 31.5 Å². The standard InChI is InChI=1S/C29H38N6O4/c1-29(2,3)39-28(38)34-24(17-22-18-30-19-32-22)27(37)35-15-9-13-25(35)26(36)33-23(20-10-5-4-6-11-20)16-21-12-7-8-14-31-21/h4-6,8,10-11,14,18-19,23-25H,7,9,12-13,15-17H2,1-3H3,(H,30,32)(H,33,36)(H,34,38)/t23?,24-,25-/m0/s1. The molecule has 1 fully saturated rings. The Balaban J connectivity index is 1.49. The van der Waals surface area contributed by atoms with E-state index in [9.17, 15) is 14.4 Å². The molecule has 1 aromatic heterocycles. The van der Waals surface area contributed by atoms with Crippen molar-refractivity contribution >= 4 is 23.6 Å². The molecule has 3 atom stereocenters. The summed E-state index contributed by atoms with van der Waals surface area (Å²) in [5.41, 5.74) is 2.00. The Labute approximate surface area is 229 Å². The molecule has 0 radical (unpaired) electrons. The van der Waals surface area contributed by atoms with Gasteiger partial charge < -0.3 is 25.3 Å². The van der Waals surface area contributed by atoms with Crippen LogP contribution in [0.4, 0.5) is 4.79 Å². The van der Waals surface area contributed by atoms with Crippen LogP contribution in [0.5, 0.6) is 0 Å². The first-order valence-electron chi connectivity index (χ1n) is 13.5. The van der Waals surface area contributed by atoms with E-state index >= 15 is 0 Å². The second-order valence-corrected chi connectivity index (χ2v) is 11.0. The lowest BCUT2D eigenvalue weighted by Gasteiger charge is -2.30. The first-order valence-corrected chi connectivity index (χ1v) is 13.5. The Kier molecular flexibility index (Phi) is 9.16. The molecule has 10 nitrogen and oxygen atoms in total. The highest BCUT2D eigenvalue weighted by Crippen LogP contribution is 2.24. The van der Waals surface area contributed by atoms with Gasteiger partial charge in [-0.05, 0) is 52.0 Å². The number of allylic oxidation sites excluding steroid dienone is 1. The molecule has 0 aliphatic carbocycles. The number of ether oxygens (including phenoxy) is 1. The van der Waals surface area contributed by atoms with Gasteiger partial charge in [0.05, 0.1) is 12.4 Å². The molecule has 0 saturated carbocycles. The van der Waals surface area contributed by atoms with Gasteiger partial charge in [-0.25, -0.2) is 9.78 Å². The van der Waals surface area contributed by atoms with Gasteiger partial charge in [-0.2, -0.15) is 0 Å². The summed E-state index contributed by atoms with van der Waals surface area (Å²) in [7, 11) is 0. The first-order chi connectivity index (χ1) is 18.7. The van der Waals surface area contributed by atoms with Crippen LogP contribution >= 0.6 is 0 Å². The quantitative estimate of drug-likeness (QED) is 0.450. The fourth-order valence-corrected chi connectivity index (χ4v) is 4.91. The van der Waals surface area contributed by atoms with Crippen molar-refractivity contribution in [3.63, 3.8) is 0 Å². The van der Waals surface area contributed by atoms with Crippen LogP contribution < -0.4 is 10.6 Å². The number of H-pyrrole nitrogens is 1. The molecular formula is C29H38N6O4. The minimum absolute atomic E-state index is 0.197. The molecule has 2 aromatic rings. The molecule has 3 heterocycles. The van der Waals surface area contributed by atoms with E-state index in [0.717, 1.165) is 24.1 Å². The number of hydrogen-bond acceptors (Lipinski definition) is 6. The Morgan fingerprint density at radius 1 is 1.15 bits per heavy atom. The zero-order valence-electron chi connectivity index (χ0n) is 22.9. The number of benzene rings is 1. The number of imidazole rings is 1. The van der Waals surface area contributed by atoms with Crippen molar-refractivity contribution < 1.29 is 19.1 Å². The highest BCUT2D eigenvalue weighted by Gasteiger charge is 2.39.